The fraction of sp³-hybridized carbons (Fsp3) is 0.625. The second kappa shape index (κ2) is 26.3. The molecule has 3 aromatic carbocycles. The van der Waals surface area contributed by atoms with Crippen LogP contribution in [0, 0.1) is 0 Å². The molecule has 1 heterocycles. The minimum absolute atomic E-state index is 0.291. The SMILES string of the molecule is CCCCCCCCOC1OC(COC(c2ccccc2)(c2ccccc2)c2ccccc2)C(OCCCCCCCC)C1OCCCCCCCC. The lowest BCUT2D eigenvalue weighted by atomic mass is 9.80. The van der Waals surface area contributed by atoms with Crippen LogP contribution in [0.25, 0.3) is 0 Å². The third-order valence-corrected chi connectivity index (χ3v) is 10.7. The highest BCUT2D eigenvalue weighted by molar-refractivity contribution is 5.47. The zero-order valence-corrected chi connectivity index (χ0v) is 33.6. The molecular weight excluding hydrogens is 657 g/mol. The molecule has 4 unspecified atom stereocenters. The molecule has 4 atom stereocenters. The van der Waals surface area contributed by atoms with Gasteiger partial charge in [0.25, 0.3) is 0 Å². The fourth-order valence-electron chi connectivity index (χ4n) is 7.60. The first kappa shape index (κ1) is 43.2. The first-order valence-electron chi connectivity index (χ1n) is 21.5. The Morgan fingerprint density at radius 2 is 0.792 bits per heavy atom. The quantitative estimate of drug-likeness (QED) is 0.0505. The molecule has 0 spiro atoms. The smallest absolute Gasteiger partial charge is 0.186 e. The topological polar surface area (TPSA) is 46.2 Å². The van der Waals surface area contributed by atoms with Gasteiger partial charge in [-0.1, -0.05) is 208 Å². The standard InChI is InChI=1S/C48H72O5/c1-4-7-10-13-16-28-37-49-45-44(53-47(51-39-30-18-15-12-9-6-3)46(45)50-38-29-17-14-11-8-5-2)40-52-48(41-31-22-19-23-32-41,42-33-24-20-25-34-42)43-35-26-21-27-36-43/h19-27,31-36,44-47H,4-18,28-30,37-40H2,1-3H3. The van der Waals surface area contributed by atoms with Crippen molar-refractivity contribution in [3.05, 3.63) is 108 Å². The molecular formula is C48H72O5. The van der Waals surface area contributed by atoms with Gasteiger partial charge in [-0.15, -0.1) is 0 Å². The average Bonchev–Trinajstić information content (AvgIpc) is 3.53. The number of rotatable bonds is 30. The number of hydrogen-bond donors (Lipinski definition) is 0. The Bertz CT molecular complexity index is 1190. The second-order valence-electron chi connectivity index (χ2n) is 15.0. The lowest BCUT2D eigenvalue weighted by Gasteiger charge is -2.37. The van der Waals surface area contributed by atoms with E-state index in [0.29, 0.717) is 26.4 Å². The van der Waals surface area contributed by atoms with E-state index in [1.54, 1.807) is 0 Å². The zero-order valence-electron chi connectivity index (χ0n) is 33.6. The summed E-state index contributed by atoms with van der Waals surface area (Å²) in [5, 5.41) is 0. The van der Waals surface area contributed by atoms with Gasteiger partial charge in [-0.25, -0.2) is 0 Å². The van der Waals surface area contributed by atoms with Crippen LogP contribution in [0.3, 0.4) is 0 Å². The molecule has 3 aromatic rings. The van der Waals surface area contributed by atoms with E-state index >= 15 is 0 Å². The predicted octanol–water partition coefficient (Wildman–Crippen LogP) is 12.6. The van der Waals surface area contributed by atoms with Gasteiger partial charge in [0.1, 0.15) is 23.9 Å². The molecule has 0 saturated carbocycles. The third-order valence-electron chi connectivity index (χ3n) is 10.7. The second-order valence-corrected chi connectivity index (χ2v) is 15.0. The Labute approximate surface area is 323 Å². The van der Waals surface area contributed by atoms with Crippen LogP contribution in [-0.4, -0.2) is 51.0 Å². The van der Waals surface area contributed by atoms with Crippen molar-refractivity contribution in [2.24, 2.45) is 0 Å². The molecule has 0 N–H and O–H groups in total. The van der Waals surface area contributed by atoms with E-state index in [2.05, 4.69) is 112 Å². The van der Waals surface area contributed by atoms with Gasteiger partial charge in [-0.05, 0) is 36.0 Å². The summed E-state index contributed by atoms with van der Waals surface area (Å²) in [5.41, 5.74) is 2.38. The van der Waals surface area contributed by atoms with Gasteiger partial charge in [0.2, 0.25) is 0 Å². The highest BCUT2D eigenvalue weighted by Gasteiger charge is 2.49. The van der Waals surface area contributed by atoms with E-state index in [4.69, 9.17) is 23.7 Å². The molecule has 0 aliphatic carbocycles. The average molecular weight is 729 g/mol. The van der Waals surface area contributed by atoms with Crippen molar-refractivity contribution in [3.8, 4) is 0 Å². The minimum atomic E-state index is -0.844. The van der Waals surface area contributed by atoms with Crippen LogP contribution >= 0.6 is 0 Å². The van der Waals surface area contributed by atoms with Gasteiger partial charge in [0.05, 0.1) is 6.61 Å². The number of unbranched alkanes of at least 4 members (excludes halogenated alkanes) is 15. The normalized spacial score (nSPS) is 18.8. The molecule has 0 bridgehead atoms. The van der Waals surface area contributed by atoms with Crippen LogP contribution in [-0.2, 0) is 29.3 Å². The molecule has 5 heteroatoms. The van der Waals surface area contributed by atoms with Crippen LogP contribution in [0.2, 0.25) is 0 Å². The largest absolute Gasteiger partial charge is 0.372 e. The summed E-state index contributed by atoms with van der Waals surface area (Å²) in [6, 6.07) is 31.8. The van der Waals surface area contributed by atoms with E-state index < -0.39 is 11.9 Å². The molecule has 0 amide bonds. The fourth-order valence-corrected chi connectivity index (χ4v) is 7.60. The molecule has 1 saturated heterocycles. The summed E-state index contributed by atoms with van der Waals surface area (Å²) in [6.45, 7) is 9.15. The van der Waals surface area contributed by atoms with Crippen molar-refractivity contribution in [1.29, 1.82) is 0 Å². The van der Waals surface area contributed by atoms with E-state index in [1.165, 1.54) is 96.3 Å². The third kappa shape index (κ3) is 14.2. The Hall–Kier alpha value is -2.54. The van der Waals surface area contributed by atoms with Gasteiger partial charge in [0, 0.05) is 19.8 Å². The van der Waals surface area contributed by atoms with Crippen molar-refractivity contribution < 1.29 is 23.7 Å². The first-order valence-corrected chi connectivity index (χ1v) is 21.5. The number of hydrogen-bond acceptors (Lipinski definition) is 5. The van der Waals surface area contributed by atoms with Crippen molar-refractivity contribution >= 4 is 0 Å². The maximum atomic E-state index is 7.32. The molecule has 0 aromatic heterocycles. The highest BCUT2D eigenvalue weighted by Crippen LogP contribution is 2.41. The lowest BCUT2D eigenvalue weighted by molar-refractivity contribution is -0.185. The van der Waals surface area contributed by atoms with Gasteiger partial charge in [0.15, 0.2) is 6.29 Å². The van der Waals surface area contributed by atoms with Crippen molar-refractivity contribution in [3.63, 3.8) is 0 Å². The summed E-state index contributed by atoms with van der Waals surface area (Å²) < 4.78 is 34.3. The molecule has 1 aliphatic rings. The molecule has 53 heavy (non-hydrogen) atoms. The predicted molar refractivity (Wildman–Crippen MR) is 219 cm³/mol. The molecule has 1 fully saturated rings. The van der Waals surface area contributed by atoms with Gasteiger partial charge >= 0.3 is 0 Å². The highest BCUT2D eigenvalue weighted by atomic mass is 16.7. The monoisotopic (exact) mass is 729 g/mol. The summed E-state index contributed by atoms with van der Waals surface area (Å²) in [4.78, 5) is 0. The maximum absolute atomic E-state index is 7.32. The summed E-state index contributed by atoms with van der Waals surface area (Å²) >= 11 is 0. The van der Waals surface area contributed by atoms with Gasteiger partial charge in [-0.3, -0.25) is 0 Å². The zero-order chi connectivity index (χ0) is 37.2. The van der Waals surface area contributed by atoms with Crippen LogP contribution < -0.4 is 0 Å². The van der Waals surface area contributed by atoms with Crippen molar-refractivity contribution in [1.82, 2.24) is 0 Å². The van der Waals surface area contributed by atoms with Crippen LogP contribution in [0.5, 0.6) is 0 Å². The molecule has 5 nitrogen and oxygen atoms in total. The van der Waals surface area contributed by atoms with Gasteiger partial charge in [-0.2, -0.15) is 0 Å². The minimum Gasteiger partial charge on any atom is -0.372 e. The molecule has 4 rings (SSSR count). The lowest BCUT2D eigenvalue weighted by Crippen LogP contribution is -2.42. The Morgan fingerprint density at radius 1 is 0.434 bits per heavy atom. The number of ether oxygens (including phenoxy) is 5. The van der Waals surface area contributed by atoms with Crippen LogP contribution in [0.15, 0.2) is 91.0 Å². The van der Waals surface area contributed by atoms with E-state index in [0.717, 1.165) is 36.0 Å². The summed E-state index contributed by atoms with van der Waals surface area (Å²) in [7, 11) is 0. The molecule has 1 aliphatic heterocycles. The van der Waals surface area contributed by atoms with E-state index in [-0.39, 0.29) is 18.3 Å². The van der Waals surface area contributed by atoms with Crippen molar-refractivity contribution in [2.75, 3.05) is 26.4 Å². The Morgan fingerprint density at radius 3 is 1.21 bits per heavy atom. The molecule has 294 valence electrons. The van der Waals surface area contributed by atoms with Crippen LogP contribution in [0.1, 0.15) is 153 Å². The summed E-state index contributed by atoms with van der Waals surface area (Å²) in [6.07, 6.45) is 20.5. The first-order chi connectivity index (χ1) is 26.2. The van der Waals surface area contributed by atoms with Gasteiger partial charge < -0.3 is 23.7 Å². The van der Waals surface area contributed by atoms with E-state index in [9.17, 15) is 0 Å². The maximum Gasteiger partial charge on any atom is 0.186 e. The van der Waals surface area contributed by atoms with Crippen LogP contribution in [0.4, 0.5) is 0 Å². The van der Waals surface area contributed by atoms with E-state index in [1.807, 2.05) is 0 Å². The summed E-state index contributed by atoms with van der Waals surface area (Å²) in [5.74, 6) is 0. The Kier molecular flexibility index (Phi) is 21.4. The number of benzene rings is 3. The Balaban J connectivity index is 1.57. The molecule has 0 radical (unpaired) electrons. The van der Waals surface area contributed by atoms with Crippen molar-refractivity contribution in [2.45, 2.75) is 167 Å².